The van der Waals surface area contributed by atoms with Crippen LogP contribution in [0.4, 0.5) is 4.39 Å². The molecule has 0 spiro atoms. The highest BCUT2D eigenvalue weighted by Crippen LogP contribution is 2.28. The van der Waals surface area contributed by atoms with Crippen LogP contribution in [0.5, 0.6) is 11.5 Å². The molecule has 0 unspecified atom stereocenters. The Balaban J connectivity index is 2.33. The Morgan fingerprint density at radius 1 is 1.06 bits per heavy atom. The van der Waals surface area contributed by atoms with Crippen LogP contribution in [0.15, 0.2) is 42.5 Å². The first-order valence-corrected chi connectivity index (χ1v) is 5.99. The van der Waals surface area contributed by atoms with Crippen molar-refractivity contribution in [2.45, 2.75) is 19.9 Å². The van der Waals surface area contributed by atoms with Crippen molar-refractivity contribution >= 4 is 0 Å². The molecule has 0 aliphatic heterocycles. The first kappa shape index (κ1) is 12.6. The van der Waals surface area contributed by atoms with Crippen LogP contribution in [0.3, 0.4) is 0 Å². The minimum atomic E-state index is -0.299. The molecule has 3 heteroatoms. The van der Waals surface area contributed by atoms with E-state index in [0.29, 0.717) is 11.3 Å². The van der Waals surface area contributed by atoms with Gasteiger partial charge in [-0.25, -0.2) is 4.39 Å². The molecule has 2 aromatic carbocycles. The van der Waals surface area contributed by atoms with E-state index in [2.05, 4.69) is 6.92 Å². The van der Waals surface area contributed by atoms with Gasteiger partial charge in [-0.1, -0.05) is 25.1 Å². The maximum absolute atomic E-state index is 13.1. The second-order valence-corrected chi connectivity index (χ2v) is 4.02. The van der Waals surface area contributed by atoms with E-state index in [9.17, 15) is 4.39 Å². The van der Waals surface area contributed by atoms with Crippen molar-refractivity contribution in [3.63, 3.8) is 0 Å². The lowest BCUT2D eigenvalue weighted by atomic mass is 10.1. The van der Waals surface area contributed by atoms with Gasteiger partial charge in [0.25, 0.3) is 0 Å². The van der Waals surface area contributed by atoms with E-state index in [4.69, 9.17) is 10.5 Å². The molecule has 0 aliphatic carbocycles. The zero-order valence-electron chi connectivity index (χ0n) is 10.3. The molecule has 2 N–H and O–H groups in total. The van der Waals surface area contributed by atoms with E-state index in [1.54, 1.807) is 6.07 Å². The van der Waals surface area contributed by atoms with Gasteiger partial charge in [-0.3, -0.25) is 0 Å². The van der Waals surface area contributed by atoms with Crippen LogP contribution in [0, 0.1) is 5.82 Å². The van der Waals surface area contributed by atoms with Crippen molar-refractivity contribution < 1.29 is 9.13 Å². The highest BCUT2D eigenvalue weighted by molar-refractivity contribution is 5.41. The fourth-order valence-corrected chi connectivity index (χ4v) is 1.82. The lowest BCUT2D eigenvalue weighted by molar-refractivity contribution is 0.468. The fraction of sp³-hybridized carbons (Fsp3) is 0.200. The average molecular weight is 245 g/mol. The van der Waals surface area contributed by atoms with Crippen molar-refractivity contribution in [3.8, 4) is 11.5 Å². The van der Waals surface area contributed by atoms with Gasteiger partial charge in [0.2, 0.25) is 0 Å². The summed E-state index contributed by atoms with van der Waals surface area (Å²) >= 11 is 0. The molecular weight excluding hydrogens is 229 g/mol. The fourth-order valence-electron chi connectivity index (χ4n) is 1.82. The number of para-hydroxylation sites is 1. The smallest absolute Gasteiger partial charge is 0.132 e. The molecule has 0 fully saturated rings. The lowest BCUT2D eigenvalue weighted by Gasteiger charge is -2.12. The van der Waals surface area contributed by atoms with Crippen LogP contribution in [-0.2, 0) is 13.0 Å². The van der Waals surface area contributed by atoms with Gasteiger partial charge in [-0.2, -0.15) is 0 Å². The van der Waals surface area contributed by atoms with Gasteiger partial charge in [0.15, 0.2) is 0 Å². The molecule has 0 amide bonds. The minimum Gasteiger partial charge on any atom is -0.457 e. The first-order chi connectivity index (χ1) is 8.74. The van der Waals surface area contributed by atoms with Gasteiger partial charge < -0.3 is 10.5 Å². The topological polar surface area (TPSA) is 35.2 Å². The monoisotopic (exact) mass is 245 g/mol. The van der Waals surface area contributed by atoms with Crippen LogP contribution in [0.1, 0.15) is 18.1 Å². The second-order valence-electron chi connectivity index (χ2n) is 4.02. The molecular formula is C15H16FNO. The summed E-state index contributed by atoms with van der Waals surface area (Å²) in [5, 5.41) is 0. The lowest BCUT2D eigenvalue weighted by Crippen LogP contribution is -2.01. The summed E-state index contributed by atoms with van der Waals surface area (Å²) in [5.41, 5.74) is 7.38. The van der Waals surface area contributed by atoms with Crippen molar-refractivity contribution in [3.05, 3.63) is 59.4 Å². The molecule has 2 aromatic rings. The van der Waals surface area contributed by atoms with Crippen LogP contribution in [-0.4, -0.2) is 0 Å². The van der Waals surface area contributed by atoms with Crippen molar-refractivity contribution in [1.82, 2.24) is 0 Å². The standard InChI is InChI=1S/C15H16FNO/c1-2-11-5-3-4-6-14(11)18-15-8-7-13(16)9-12(15)10-17/h3-9H,2,10,17H2,1H3. The maximum atomic E-state index is 13.1. The summed E-state index contributed by atoms with van der Waals surface area (Å²) < 4.78 is 18.9. The van der Waals surface area contributed by atoms with Gasteiger partial charge in [0.05, 0.1) is 0 Å². The van der Waals surface area contributed by atoms with E-state index >= 15 is 0 Å². The van der Waals surface area contributed by atoms with Crippen molar-refractivity contribution in [1.29, 1.82) is 0 Å². The molecule has 0 aliphatic rings. The van der Waals surface area contributed by atoms with Crippen LogP contribution in [0.2, 0.25) is 0 Å². The van der Waals surface area contributed by atoms with Crippen LogP contribution in [0.25, 0.3) is 0 Å². The number of hydrogen-bond acceptors (Lipinski definition) is 2. The van der Waals surface area contributed by atoms with Crippen LogP contribution < -0.4 is 10.5 Å². The maximum Gasteiger partial charge on any atom is 0.132 e. The third kappa shape index (κ3) is 2.68. The normalized spacial score (nSPS) is 10.4. The molecule has 0 saturated carbocycles. The highest BCUT2D eigenvalue weighted by Gasteiger charge is 2.07. The largest absolute Gasteiger partial charge is 0.457 e. The number of nitrogens with two attached hydrogens (primary N) is 1. The van der Waals surface area contributed by atoms with Gasteiger partial charge >= 0.3 is 0 Å². The number of hydrogen-bond donors (Lipinski definition) is 1. The van der Waals surface area contributed by atoms with Gasteiger partial charge in [-0.05, 0) is 36.2 Å². The third-order valence-corrected chi connectivity index (χ3v) is 2.82. The molecule has 0 heterocycles. The van der Waals surface area contributed by atoms with Crippen molar-refractivity contribution in [2.75, 3.05) is 0 Å². The molecule has 2 nitrogen and oxygen atoms in total. The van der Waals surface area contributed by atoms with Gasteiger partial charge in [-0.15, -0.1) is 0 Å². The summed E-state index contributed by atoms with van der Waals surface area (Å²) in [7, 11) is 0. The molecule has 2 rings (SSSR count). The molecule has 94 valence electrons. The summed E-state index contributed by atoms with van der Waals surface area (Å²) in [6.07, 6.45) is 0.884. The van der Waals surface area contributed by atoms with Crippen LogP contribution >= 0.6 is 0 Å². The predicted molar refractivity (Wildman–Crippen MR) is 70.2 cm³/mol. The SMILES string of the molecule is CCc1ccccc1Oc1ccc(F)cc1CN. The summed E-state index contributed by atoms with van der Waals surface area (Å²) in [5.74, 6) is 1.10. The Labute approximate surface area is 106 Å². The summed E-state index contributed by atoms with van der Waals surface area (Å²) in [6.45, 7) is 2.32. The van der Waals surface area contributed by atoms with E-state index < -0.39 is 0 Å². The average Bonchev–Trinajstić information content (AvgIpc) is 2.41. The number of benzene rings is 2. The number of rotatable bonds is 4. The highest BCUT2D eigenvalue weighted by atomic mass is 19.1. The molecule has 0 aromatic heterocycles. The van der Waals surface area contributed by atoms with E-state index in [1.165, 1.54) is 12.1 Å². The molecule has 0 atom stereocenters. The third-order valence-electron chi connectivity index (χ3n) is 2.82. The van der Waals surface area contributed by atoms with Gasteiger partial charge in [0, 0.05) is 12.1 Å². The zero-order chi connectivity index (χ0) is 13.0. The summed E-state index contributed by atoms with van der Waals surface area (Å²) in [6, 6.07) is 12.2. The Bertz CT molecular complexity index is 540. The van der Waals surface area contributed by atoms with Crippen molar-refractivity contribution in [2.24, 2.45) is 5.73 Å². The molecule has 18 heavy (non-hydrogen) atoms. The van der Waals surface area contributed by atoms with Gasteiger partial charge in [0.1, 0.15) is 17.3 Å². The Morgan fingerprint density at radius 3 is 2.50 bits per heavy atom. The minimum absolute atomic E-state index is 0.251. The molecule has 0 saturated heterocycles. The van der Waals surface area contributed by atoms with E-state index in [-0.39, 0.29) is 12.4 Å². The van der Waals surface area contributed by atoms with E-state index in [1.807, 2.05) is 24.3 Å². The number of aryl methyl sites for hydroxylation is 1. The summed E-state index contributed by atoms with van der Waals surface area (Å²) in [4.78, 5) is 0. The molecule has 0 bridgehead atoms. The second kappa shape index (κ2) is 5.65. The zero-order valence-corrected chi connectivity index (χ0v) is 10.3. The molecule has 0 radical (unpaired) electrons. The van der Waals surface area contributed by atoms with E-state index in [0.717, 1.165) is 17.7 Å². The number of halogens is 1. The first-order valence-electron chi connectivity index (χ1n) is 5.99. The Hall–Kier alpha value is -1.87. The number of ether oxygens (including phenoxy) is 1. The Kier molecular flexibility index (Phi) is 3.95. The Morgan fingerprint density at radius 2 is 1.78 bits per heavy atom. The quantitative estimate of drug-likeness (QED) is 0.892. The predicted octanol–water partition coefficient (Wildman–Crippen LogP) is 3.64.